The van der Waals surface area contributed by atoms with E-state index in [0.717, 1.165) is 26.2 Å². The summed E-state index contributed by atoms with van der Waals surface area (Å²) in [6.07, 6.45) is 6.43. The molecule has 2 aliphatic heterocycles. The Hall–Kier alpha value is -1.27. The van der Waals surface area contributed by atoms with Crippen molar-refractivity contribution in [1.82, 2.24) is 14.8 Å². The van der Waals surface area contributed by atoms with Crippen LogP contribution in [0.2, 0.25) is 0 Å². The molecule has 2 fully saturated rings. The minimum Gasteiger partial charge on any atom is -0.384 e. The first kappa shape index (κ1) is 18.1. The van der Waals surface area contributed by atoms with Crippen molar-refractivity contribution in [1.29, 1.82) is 0 Å². The molecule has 140 valence electrons. The summed E-state index contributed by atoms with van der Waals surface area (Å²) in [5.74, 6) is 0.646. The van der Waals surface area contributed by atoms with Gasteiger partial charge in [-0.05, 0) is 65.4 Å². The van der Waals surface area contributed by atoms with Gasteiger partial charge in [0.25, 0.3) is 0 Å². The van der Waals surface area contributed by atoms with E-state index in [2.05, 4.69) is 37.7 Å². The number of hydrogen-bond donors (Lipinski definition) is 0. The molecule has 0 saturated carbocycles. The summed E-state index contributed by atoms with van der Waals surface area (Å²) in [7, 11) is 1.85. The lowest BCUT2D eigenvalue weighted by Crippen LogP contribution is -2.44. The van der Waals surface area contributed by atoms with Gasteiger partial charge in [-0.3, -0.25) is 14.8 Å². The highest BCUT2D eigenvalue weighted by Gasteiger charge is 2.47. The molecule has 2 aliphatic rings. The largest absolute Gasteiger partial charge is 0.384 e. The van der Waals surface area contributed by atoms with E-state index in [-0.39, 0.29) is 0 Å². The second kappa shape index (κ2) is 8.17. The zero-order valence-corrected chi connectivity index (χ0v) is 16.5. The van der Waals surface area contributed by atoms with Gasteiger partial charge in [-0.25, -0.2) is 0 Å². The third-order valence-electron chi connectivity index (χ3n) is 6.22. The molecule has 2 aromatic heterocycles. The second-order valence-corrected chi connectivity index (χ2v) is 8.73. The van der Waals surface area contributed by atoms with Crippen molar-refractivity contribution in [2.75, 3.05) is 39.9 Å². The average molecular weight is 372 g/mol. The van der Waals surface area contributed by atoms with Crippen molar-refractivity contribution in [2.45, 2.75) is 25.9 Å². The summed E-state index contributed by atoms with van der Waals surface area (Å²) in [5, 5.41) is 4.46. The zero-order chi connectivity index (χ0) is 17.8. The van der Waals surface area contributed by atoms with Crippen LogP contribution in [0.3, 0.4) is 0 Å². The van der Waals surface area contributed by atoms with Crippen molar-refractivity contribution in [2.24, 2.45) is 11.3 Å². The normalized spacial score (nSPS) is 23.7. The predicted octanol–water partition coefficient (Wildman–Crippen LogP) is 3.50. The summed E-state index contributed by atoms with van der Waals surface area (Å²) in [5.41, 5.74) is 3.20. The highest BCUT2D eigenvalue weighted by Crippen LogP contribution is 2.45. The van der Waals surface area contributed by atoms with Crippen LogP contribution in [0, 0.1) is 11.3 Å². The van der Waals surface area contributed by atoms with Crippen molar-refractivity contribution in [3.63, 3.8) is 0 Å². The molecule has 2 saturated heterocycles. The summed E-state index contributed by atoms with van der Waals surface area (Å²) >= 11 is 1.80. The van der Waals surface area contributed by atoms with Gasteiger partial charge in [0.15, 0.2) is 0 Å². The number of aromatic nitrogens is 1. The van der Waals surface area contributed by atoms with E-state index in [4.69, 9.17) is 4.74 Å². The second-order valence-electron chi connectivity index (χ2n) is 7.95. The fourth-order valence-electron chi connectivity index (χ4n) is 4.81. The summed E-state index contributed by atoms with van der Waals surface area (Å²) in [6, 6.07) is 6.48. The van der Waals surface area contributed by atoms with Gasteiger partial charge in [-0.1, -0.05) is 6.07 Å². The van der Waals surface area contributed by atoms with E-state index in [0.29, 0.717) is 11.3 Å². The van der Waals surface area contributed by atoms with Gasteiger partial charge in [0.2, 0.25) is 0 Å². The Labute approximate surface area is 160 Å². The lowest BCUT2D eigenvalue weighted by Gasteiger charge is -2.42. The molecule has 4 heterocycles. The van der Waals surface area contributed by atoms with E-state index < -0.39 is 0 Å². The number of rotatable bonds is 6. The van der Waals surface area contributed by atoms with Crippen LogP contribution in [-0.4, -0.2) is 54.7 Å². The first-order valence-electron chi connectivity index (χ1n) is 9.61. The standard InChI is InChI=1S/C21H29N3OS/c1-25-15-20-14-24(12-18-3-2-7-22-11-18)17-21(20)5-8-23(9-6-21)13-19-4-10-26-16-19/h2-4,7,10-11,16,20H,5-6,8-9,12-15,17H2,1H3. The fraction of sp³-hybridized carbons (Fsp3) is 0.571. The van der Waals surface area contributed by atoms with E-state index in [1.165, 1.54) is 43.6 Å². The van der Waals surface area contributed by atoms with E-state index in [9.17, 15) is 0 Å². The van der Waals surface area contributed by atoms with E-state index in [1.807, 2.05) is 25.6 Å². The van der Waals surface area contributed by atoms with Crippen LogP contribution in [0.4, 0.5) is 0 Å². The molecule has 4 nitrogen and oxygen atoms in total. The lowest BCUT2D eigenvalue weighted by molar-refractivity contribution is 0.0351. The molecule has 0 amide bonds. The van der Waals surface area contributed by atoms with Crippen molar-refractivity contribution in [3.05, 3.63) is 52.5 Å². The molecule has 4 rings (SSSR count). The summed E-state index contributed by atoms with van der Waals surface area (Å²) in [6.45, 7) is 7.75. The van der Waals surface area contributed by atoms with Crippen LogP contribution < -0.4 is 0 Å². The van der Waals surface area contributed by atoms with Crippen molar-refractivity contribution >= 4 is 11.3 Å². The fourth-order valence-corrected chi connectivity index (χ4v) is 5.47. The maximum Gasteiger partial charge on any atom is 0.0508 e. The van der Waals surface area contributed by atoms with Crippen LogP contribution in [0.15, 0.2) is 41.4 Å². The van der Waals surface area contributed by atoms with Gasteiger partial charge in [0.1, 0.15) is 0 Å². The Morgan fingerprint density at radius 2 is 2.04 bits per heavy atom. The smallest absolute Gasteiger partial charge is 0.0508 e. The average Bonchev–Trinajstić information content (AvgIpc) is 3.27. The highest BCUT2D eigenvalue weighted by molar-refractivity contribution is 7.07. The molecule has 0 bridgehead atoms. The number of thiophene rings is 1. The minimum atomic E-state index is 0.420. The van der Waals surface area contributed by atoms with Crippen LogP contribution in [0.5, 0.6) is 0 Å². The number of methoxy groups -OCH3 is 1. The number of ether oxygens (including phenoxy) is 1. The van der Waals surface area contributed by atoms with Crippen molar-refractivity contribution in [3.8, 4) is 0 Å². The van der Waals surface area contributed by atoms with Crippen LogP contribution >= 0.6 is 11.3 Å². The topological polar surface area (TPSA) is 28.6 Å². The Kier molecular flexibility index (Phi) is 5.69. The van der Waals surface area contributed by atoms with Gasteiger partial charge in [-0.2, -0.15) is 11.3 Å². The molecule has 26 heavy (non-hydrogen) atoms. The van der Waals surface area contributed by atoms with Gasteiger partial charge in [0.05, 0.1) is 6.61 Å². The first-order valence-corrected chi connectivity index (χ1v) is 10.6. The van der Waals surface area contributed by atoms with Crippen LogP contribution in [-0.2, 0) is 17.8 Å². The third-order valence-corrected chi connectivity index (χ3v) is 6.95. The Morgan fingerprint density at radius 3 is 2.73 bits per heavy atom. The number of likely N-dealkylation sites (tertiary alicyclic amines) is 2. The molecule has 1 spiro atoms. The summed E-state index contributed by atoms with van der Waals surface area (Å²) < 4.78 is 5.61. The molecule has 1 atom stereocenters. The van der Waals surface area contributed by atoms with Gasteiger partial charge < -0.3 is 4.74 Å². The number of nitrogens with zero attached hydrogens (tertiary/aromatic N) is 3. The quantitative estimate of drug-likeness (QED) is 0.777. The minimum absolute atomic E-state index is 0.420. The van der Waals surface area contributed by atoms with Crippen LogP contribution in [0.25, 0.3) is 0 Å². The Bertz CT molecular complexity index is 668. The highest BCUT2D eigenvalue weighted by atomic mass is 32.1. The molecule has 0 N–H and O–H groups in total. The number of piperidine rings is 1. The SMILES string of the molecule is COCC1CN(Cc2cccnc2)CC12CCN(Cc1ccsc1)CC2. The molecule has 5 heteroatoms. The lowest BCUT2D eigenvalue weighted by atomic mass is 9.71. The molecule has 0 radical (unpaired) electrons. The van der Waals surface area contributed by atoms with Gasteiger partial charge >= 0.3 is 0 Å². The molecule has 0 aromatic carbocycles. The number of hydrogen-bond acceptors (Lipinski definition) is 5. The van der Waals surface area contributed by atoms with Crippen molar-refractivity contribution < 1.29 is 4.74 Å². The molecule has 1 unspecified atom stereocenters. The zero-order valence-electron chi connectivity index (χ0n) is 15.6. The molecular formula is C21H29N3OS. The Balaban J connectivity index is 1.39. The predicted molar refractivity (Wildman–Crippen MR) is 106 cm³/mol. The molecule has 0 aliphatic carbocycles. The Morgan fingerprint density at radius 1 is 1.19 bits per heavy atom. The first-order chi connectivity index (χ1) is 12.8. The maximum absolute atomic E-state index is 5.61. The third kappa shape index (κ3) is 4.01. The molecular weight excluding hydrogens is 342 g/mol. The molecule has 2 aromatic rings. The maximum atomic E-state index is 5.61. The van der Waals surface area contributed by atoms with E-state index >= 15 is 0 Å². The summed E-state index contributed by atoms with van der Waals surface area (Å²) in [4.78, 5) is 9.52. The van der Waals surface area contributed by atoms with Gasteiger partial charge in [0, 0.05) is 51.6 Å². The monoisotopic (exact) mass is 371 g/mol. The van der Waals surface area contributed by atoms with Gasteiger partial charge in [-0.15, -0.1) is 0 Å². The van der Waals surface area contributed by atoms with E-state index in [1.54, 1.807) is 11.3 Å². The number of pyridine rings is 1. The van der Waals surface area contributed by atoms with Crippen LogP contribution in [0.1, 0.15) is 24.0 Å².